The molecule has 112 valence electrons. The summed E-state index contributed by atoms with van der Waals surface area (Å²) in [5, 5.41) is 2.20. The van der Waals surface area contributed by atoms with Crippen LogP contribution in [-0.2, 0) is 15.9 Å². The number of rotatable bonds is 5. The van der Waals surface area contributed by atoms with Crippen LogP contribution in [0.2, 0.25) is 0 Å². The molecular weight excluding hydrogens is 246 g/mol. The Morgan fingerprint density at radius 2 is 1.55 bits per heavy atom. The van der Waals surface area contributed by atoms with Crippen molar-refractivity contribution >= 4 is 0 Å². The molecule has 0 radical (unpaired) electrons. The van der Waals surface area contributed by atoms with E-state index >= 15 is 0 Å². The average Bonchev–Trinajstić information content (AvgIpc) is 2.56. The summed E-state index contributed by atoms with van der Waals surface area (Å²) in [6.07, 6.45) is 2.34. The molecule has 20 heavy (non-hydrogen) atoms. The standard InChI is InChI=1S/C18H29NO/c1-7-14(2)12-13-20-19-17(3,4)15-10-8-9-11-16(15)18(19,5)6/h8-11,14H,7,12-13H2,1-6H3. The minimum atomic E-state index is -0.0739. The first-order valence-corrected chi connectivity index (χ1v) is 7.85. The van der Waals surface area contributed by atoms with Gasteiger partial charge in [-0.1, -0.05) is 44.5 Å². The lowest BCUT2D eigenvalue weighted by atomic mass is 9.91. The predicted octanol–water partition coefficient (Wildman–Crippen LogP) is 4.84. The fourth-order valence-corrected chi connectivity index (χ4v) is 3.34. The Morgan fingerprint density at radius 1 is 1.05 bits per heavy atom. The summed E-state index contributed by atoms with van der Waals surface area (Å²) in [6, 6.07) is 8.71. The Hall–Kier alpha value is -0.860. The molecule has 2 rings (SSSR count). The maximum absolute atomic E-state index is 6.22. The Morgan fingerprint density at radius 3 is 2.00 bits per heavy atom. The lowest BCUT2D eigenvalue weighted by Crippen LogP contribution is -2.45. The van der Waals surface area contributed by atoms with Crippen molar-refractivity contribution in [2.45, 2.75) is 65.5 Å². The number of hydrogen-bond donors (Lipinski definition) is 0. The van der Waals surface area contributed by atoms with Crippen LogP contribution in [0.1, 0.15) is 65.5 Å². The molecule has 0 amide bonds. The van der Waals surface area contributed by atoms with Gasteiger partial charge in [-0.15, -0.1) is 0 Å². The van der Waals surface area contributed by atoms with Crippen molar-refractivity contribution in [1.29, 1.82) is 0 Å². The molecule has 1 aliphatic heterocycles. The average molecular weight is 275 g/mol. The zero-order valence-electron chi connectivity index (χ0n) is 13.9. The normalized spacial score (nSPS) is 21.7. The number of hydroxylamine groups is 2. The fraction of sp³-hybridized carbons (Fsp3) is 0.667. The fourth-order valence-electron chi connectivity index (χ4n) is 3.34. The summed E-state index contributed by atoms with van der Waals surface area (Å²) >= 11 is 0. The van der Waals surface area contributed by atoms with Crippen LogP contribution < -0.4 is 0 Å². The van der Waals surface area contributed by atoms with Crippen molar-refractivity contribution in [2.24, 2.45) is 5.92 Å². The van der Waals surface area contributed by atoms with Gasteiger partial charge in [0.05, 0.1) is 17.7 Å². The van der Waals surface area contributed by atoms with E-state index in [0.29, 0.717) is 0 Å². The van der Waals surface area contributed by atoms with Gasteiger partial charge in [0.1, 0.15) is 0 Å². The van der Waals surface area contributed by atoms with E-state index in [1.807, 2.05) is 0 Å². The quantitative estimate of drug-likeness (QED) is 0.762. The van der Waals surface area contributed by atoms with Gasteiger partial charge in [0.25, 0.3) is 0 Å². The van der Waals surface area contributed by atoms with E-state index in [1.165, 1.54) is 17.5 Å². The van der Waals surface area contributed by atoms with Gasteiger partial charge in [-0.3, -0.25) is 4.84 Å². The monoisotopic (exact) mass is 275 g/mol. The van der Waals surface area contributed by atoms with E-state index in [2.05, 4.69) is 70.9 Å². The maximum atomic E-state index is 6.22. The smallest absolute Gasteiger partial charge is 0.0688 e. The van der Waals surface area contributed by atoms with Crippen molar-refractivity contribution < 1.29 is 4.84 Å². The predicted molar refractivity (Wildman–Crippen MR) is 84.4 cm³/mol. The second kappa shape index (κ2) is 5.50. The summed E-state index contributed by atoms with van der Waals surface area (Å²) in [7, 11) is 0. The molecule has 0 saturated heterocycles. The molecule has 2 heteroatoms. The van der Waals surface area contributed by atoms with E-state index in [9.17, 15) is 0 Å². The molecule has 0 saturated carbocycles. The van der Waals surface area contributed by atoms with Gasteiger partial charge in [0.2, 0.25) is 0 Å². The van der Waals surface area contributed by atoms with Gasteiger partial charge in [-0.05, 0) is 51.2 Å². The molecule has 0 aromatic heterocycles. The first kappa shape index (κ1) is 15.5. The van der Waals surface area contributed by atoms with Gasteiger partial charge in [0.15, 0.2) is 0 Å². The molecule has 0 N–H and O–H groups in total. The summed E-state index contributed by atoms with van der Waals surface area (Å²) in [6.45, 7) is 14.3. The van der Waals surface area contributed by atoms with E-state index in [4.69, 9.17) is 4.84 Å². The third-order valence-corrected chi connectivity index (χ3v) is 4.79. The Bertz CT molecular complexity index is 429. The van der Waals surface area contributed by atoms with Crippen molar-refractivity contribution in [3.63, 3.8) is 0 Å². The minimum absolute atomic E-state index is 0.0739. The van der Waals surface area contributed by atoms with Crippen LogP contribution in [0.4, 0.5) is 0 Å². The molecule has 1 heterocycles. The van der Waals surface area contributed by atoms with Gasteiger partial charge >= 0.3 is 0 Å². The lowest BCUT2D eigenvalue weighted by molar-refractivity contribution is -0.262. The number of benzene rings is 1. The molecule has 0 fully saturated rings. The van der Waals surface area contributed by atoms with Crippen molar-refractivity contribution in [1.82, 2.24) is 5.06 Å². The zero-order chi connectivity index (χ0) is 15.0. The highest BCUT2D eigenvalue weighted by Gasteiger charge is 2.49. The van der Waals surface area contributed by atoms with Gasteiger partial charge < -0.3 is 0 Å². The lowest BCUT2D eigenvalue weighted by Gasteiger charge is -2.39. The van der Waals surface area contributed by atoms with Gasteiger partial charge in [0, 0.05) is 0 Å². The highest BCUT2D eigenvalue weighted by molar-refractivity contribution is 5.42. The highest BCUT2D eigenvalue weighted by atomic mass is 16.7. The van der Waals surface area contributed by atoms with Crippen LogP contribution in [0.5, 0.6) is 0 Å². The third-order valence-electron chi connectivity index (χ3n) is 4.79. The van der Waals surface area contributed by atoms with Crippen LogP contribution in [-0.4, -0.2) is 11.7 Å². The molecule has 1 aliphatic rings. The van der Waals surface area contributed by atoms with E-state index in [1.54, 1.807) is 0 Å². The topological polar surface area (TPSA) is 12.5 Å². The molecule has 1 atom stereocenters. The largest absolute Gasteiger partial charge is 0.297 e. The molecule has 0 bridgehead atoms. The Labute approximate surface area is 124 Å². The summed E-state index contributed by atoms with van der Waals surface area (Å²) in [4.78, 5) is 6.22. The molecule has 0 aliphatic carbocycles. The zero-order valence-corrected chi connectivity index (χ0v) is 13.9. The molecule has 2 nitrogen and oxygen atoms in total. The van der Waals surface area contributed by atoms with Crippen molar-refractivity contribution in [3.05, 3.63) is 35.4 Å². The van der Waals surface area contributed by atoms with Crippen molar-refractivity contribution in [3.8, 4) is 0 Å². The molecule has 0 spiro atoms. The summed E-state index contributed by atoms with van der Waals surface area (Å²) in [5.41, 5.74) is 2.62. The Kier molecular flexibility index (Phi) is 4.27. The summed E-state index contributed by atoms with van der Waals surface area (Å²) in [5.74, 6) is 0.728. The number of nitrogens with zero attached hydrogens (tertiary/aromatic N) is 1. The first-order valence-electron chi connectivity index (χ1n) is 7.85. The maximum Gasteiger partial charge on any atom is 0.0688 e. The number of hydrogen-bond acceptors (Lipinski definition) is 2. The molecular formula is C18H29NO. The van der Waals surface area contributed by atoms with Gasteiger partial charge in [-0.25, -0.2) is 0 Å². The summed E-state index contributed by atoms with van der Waals surface area (Å²) < 4.78 is 0. The SMILES string of the molecule is CCC(C)CCON1C(C)(C)c2ccccc2C1(C)C. The minimum Gasteiger partial charge on any atom is -0.297 e. The first-order chi connectivity index (χ1) is 9.31. The van der Waals surface area contributed by atoms with E-state index in [-0.39, 0.29) is 11.1 Å². The third kappa shape index (κ3) is 2.51. The van der Waals surface area contributed by atoms with Crippen LogP contribution in [0.25, 0.3) is 0 Å². The molecule has 1 unspecified atom stereocenters. The van der Waals surface area contributed by atoms with Crippen LogP contribution in [0, 0.1) is 5.92 Å². The van der Waals surface area contributed by atoms with Crippen LogP contribution in [0.3, 0.4) is 0 Å². The second-order valence-electron chi connectivity index (χ2n) is 7.09. The van der Waals surface area contributed by atoms with E-state index < -0.39 is 0 Å². The second-order valence-corrected chi connectivity index (χ2v) is 7.09. The Balaban J connectivity index is 2.18. The highest BCUT2D eigenvalue weighted by Crippen LogP contribution is 2.49. The van der Waals surface area contributed by atoms with Gasteiger partial charge in [-0.2, -0.15) is 5.06 Å². The molecule has 1 aromatic carbocycles. The van der Waals surface area contributed by atoms with Crippen molar-refractivity contribution in [2.75, 3.05) is 6.61 Å². The molecule has 1 aromatic rings. The van der Waals surface area contributed by atoms with E-state index in [0.717, 1.165) is 18.9 Å². The number of fused-ring (bicyclic) bond motifs is 1. The van der Waals surface area contributed by atoms with Crippen LogP contribution in [0.15, 0.2) is 24.3 Å². The van der Waals surface area contributed by atoms with Crippen LogP contribution >= 0.6 is 0 Å².